The van der Waals surface area contributed by atoms with Crippen LogP contribution in [0.4, 0.5) is 5.82 Å². The van der Waals surface area contributed by atoms with E-state index in [0.717, 1.165) is 11.3 Å². The maximum absolute atomic E-state index is 11.1. The Morgan fingerprint density at radius 3 is 2.94 bits per heavy atom. The minimum atomic E-state index is -0.870. The Bertz CT molecular complexity index is 456. The molecule has 0 bridgehead atoms. The molecule has 5 nitrogen and oxygen atoms in total. The molecule has 2 rings (SSSR count). The highest BCUT2D eigenvalue weighted by Gasteiger charge is 2.33. The third-order valence-electron chi connectivity index (χ3n) is 2.55. The lowest BCUT2D eigenvalue weighted by atomic mass is 10.1. The summed E-state index contributed by atoms with van der Waals surface area (Å²) in [6.07, 6.45) is 2.09. The Labute approximate surface area is 93.4 Å². The number of carboxylic acids is 1. The van der Waals surface area contributed by atoms with E-state index in [-0.39, 0.29) is 0 Å². The van der Waals surface area contributed by atoms with Gasteiger partial charge in [0.25, 0.3) is 0 Å². The first-order valence-corrected chi connectivity index (χ1v) is 5.07. The predicted octanol–water partition coefficient (Wildman–Crippen LogP) is 1.43. The van der Waals surface area contributed by atoms with Crippen molar-refractivity contribution in [3.63, 3.8) is 0 Å². The van der Waals surface area contributed by atoms with Crippen LogP contribution in [0.1, 0.15) is 18.9 Å². The zero-order chi connectivity index (χ0) is 11.7. The third kappa shape index (κ3) is 1.76. The zero-order valence-electron chi connectivity index (χ0n) is 9.21. The minimum absolute atomic E-state index is 0.450. The maximum atomic E-state index is 11.1. The average Bonchev–Trinajstić information content (AvgIpc) is 2.61. The van der Waals surface area contributed by atoms with Gasteiger partial charge < -0.3 is 5.11 Å². The fourth-order valence-corrected chi connectivity index (χ4v) is 1.76. The van der Waals surface area contributed by atoms with Crippen LogP contribution in [0, 0.1) is 6.92 Å². The van der Waals surface area contributed by atoms with E-state index in [9.17, 15) is 4.79 Å². The smallest absolute Gasteiger partial charge is 0.328 e. The summed E-state index contributed by atoms with van der Waals surface area (Å²) in [6.45, 7) is 3.72. The van der Waals surface area contributed by atoms with Crippen LogP contribution in [0.5, 0.6) is 0 Å². The molecule has 0 aliphatic carbocycles. The SMILES string of the molecule is CC1=NN(c2ncccc2C)C(C(=O)O)C1. The summed E-state index contributed by atoms with van der Waals surface area (Å²) in [6, 6.07) is 3.08. The molecule has 0 saturated carbocycles. The number of hydrogen-bond donors (Lipinski definition) is 1. The van der Waals surface area contributed by atoms with Gasteiger partial charge in [0.2, 0.25) is 0 Å². The Balaban J connectivity index is 2.39. The first-order chi connectivity index (χ1) is 7.59. The molecule has 5 heteroatoms. The van der Waals surface area contributed by atoms with Crippen molar-refractivity contribution < 1.29 is 9.90 Å². The number of anilines is 1. The summed E-state index contributed by atoms with van der Waals surface area (Å²) in [5.74, 6) is -0.252. The van der Waals surface area contributed by atoms with E-state index in [0.29, 0.717) is 12.2 Å². The minimum Gasteiger partial charge on any atom is -0.480 e. The number of rotatable bonds is 2. The lowest BCUT2D eigenvalue weighted by molar-refractivity contribution is -0.138. The molecule has 0 aromatic carbocycles. The van der Waals surface area contributed by atoms with Gasteiger partial charge in [0, 0.05) is 18.3 Å². The second-order valence-corrected chi connectivity index (χ2v) is 3.88. The standard InChI is InChI=1S/C11H13N3O2/c1-7-4-3-5-12-10(7)14-9(11(15)16)6-8(2)13-14/h3-5,9H,6H2,1-2H3,(H,15,16). The van der Waals surface area contributed by atoms with Crippen LogP contribution in [0.15, 0.2) is 23.4 Å². The molecular formula is C11H13N3O2. The fraction of sp³-hybridized carbons (Fsp3) is 0.364. The Hall–Kier alpha value is -1.91. The number of aromatic nitrogens is 1. The second-order valence-electron chi connectivity index (χ2n) is 3.88. The van der Waals surface area contributed by atoms with Crippen molar-refractivity contribution in [1.82, 2.24) is 4.98 Å². The normalized spacial score (nSPS) is 19.8. The van der Waals surface area contributed by atoms with Crippen LogP contribution in [0.25, 0.3) is 0 Å². The summed E-state index contributed by atoms with van der Waals surface area (Å²) < 4.78 is 0. The van der Waals surface area contributed by atoms with Gasteiger partial charge in [0.1, 0.15) is 0 Å². The van der Waals surface area contributed by atoms with E-state index >= 15 is 0 Å². The van der Waals surface area contributed by atoms with Crippen molar-refractivity contribution in [2.45, 2.75) is 26.3 Å². The van der Waals surface area contributed by atoms with Crippen molar-refractivity contribution >= 4 is 17.5 Å². The summed E-state index contributed by atoms with van der Waals surface area (Å²) in [5, 5.41) is 14.8. The summed E-state index contributed by atoms with van der Waals surface area (Å²) in [7, 11) is 0. The molecule has 84 valence electrons. The van der Waals surface area contributed by atoms with Crippen molar-refractivity contribution in [1.29, 1.82) is 0 Å². The van der Waals surface area contributed by atoms with Crippen LogP contribution >= 0.6 is 0 Å². The summed E-state index contributed by atoms with van der Waals surface area (Å²) in [4.78, 5) is 15.3. The van der Waals surface area contributed by atoms with E-state index < -0.39 is 12.0 Å². The van der Waals surface area contributed by atoms with Gasteiger partial charge in [-0.1, -0.05) is 6.07 Å². The van der Waals surface area contributed by atoms with Gasteiger partial charge in [0.15, 0.2) is 11.9 Å². The molecule has 16 heavy (non-hydrogen) atoms. The van der Waals surface area contributed by atoms with Gasteiger partial charge in [-0.05, 0) is 25.5 Å². The molecule has 0 saturated heterocycles. The zero-order valence-corrected chi connectivity index (χ0v) is 9.21. The van der Waals surface area contributed by atoms with Gasteiger partial charge >= 0.3 is 5.97 Å². The molecule has 0 radical (unpaired) electrons. The van der Waals surface area contributed by atoms with E-state index in [2.05, 4.69) is 10.1 Å². The van der Waals surface area contributed by atoms with E-state index in [1.54, 1.807) is 6.20 Å². The quantitative estimate of drug-likeness (QED) is 0.817. The molecule has 1 aromatic rings. The highest BCUT2D eigenvalue weighted by Crippen LogP contribution is 2.25. The number of hydrazone groups is 1. The molecule has 1 aliphatic rings. The molecular weight excluding hydrogens is 206 g/mol. The fourth-order valence-electron chi connectivity index (χ4n) is 1.76. The van der Waals surface area contributed by atoms with Crippen molar-refractivity contribution in [3.8, 4) is 0 Å². The van der Waals surface area contributed by atoms with Gasteiger partial charge in [-0.3, -0.25) is 0 Å². The number of carboxylic acid groups (broad SMARTS) is 1. The third-order valence-corrected chi connectivity index (χ3v) is 2.55. The highest BCUT2D eigenvalue weighted by molar-refractivity contribution is 5.93. The molecule has 1 atom stereocenters. The maximum Gasteiger partial charge on any atom is 0.328 e. The number of hydrogen-bond acceptors (Lipinski definition) is 4. The number of nitrogens with zero attached hydrogens (tertiary/aromatic N) is 3. The molecule has 2 heterocycles. The lowest BCUT2D eigenvalue weighted by Crippen LogP contribution is -2.35. The van der Waals surface area contributed by atoms with Crippen LogP contribution in [-0.2, 0) is 4.79 Å². The molecule has 1 aliphatic heterocycles. The van der Waals surface area contributed by atoms with Gasteiger partial charge in [-0.15, -0.1) is 0 Å². The lowest BCUT2D eigenvalue weighted by Gasteiger charge is -2.20. The largest absolute Gasteiger partial charge is 0.480 e. The van der Waals surface area contributed by atoms with Crippen LogP contribution in [0.2, 0.25) is 0 Å². The van der Waals surface area contributed by atoms with Crippen molar-refractivity contribution in [2.24, 2.45) is 5.10 Å². The van der Waals surface area contributed by atoms with Crippen LogP contribution < -0.4 is 5.01 Å². The van der Waals surface area contributed by atoms with Crippen LogP contribution in [-0.4, -0.2) is 27.8 Å². The molecule has 0 fully saturated rings. The summed E-state index contributed by atoms with van der Waals surface area (Å²) in [5.41, 5.74) is 1.74. The molecule has 1 N–H and O–H groups in total. The van der Waals surface area contributed by atoms with E-state index in [4.69, 9.17) is 5.11 Å². The average molecular weight is 219 g/mol. The topological polar surface area (TPSA) is 65.8 Å². The van der Waals surface area contributed by atoms with E-state index in [1.165, 1.54) is 5.01 Å². The predicted molar refractivity (Wildman–Crippen MR) is 60.6 cm³/mol. The highest BCUT2D eigenvalue weighted by atomic mass is 16.4. The first kappa shape index (κ1) is 10.6. The molecule has 0 amide bonds. The number of pyridine rings is 1. The van der Waals surface area contributed by atoms with Crippen molar-refractivity contribution in [3.05, 3.63) is 23.9 Å². The molecule has 0 spiro atoms. The van der Waals surface area contributed by atoms with Crippen molar-refractivity contribution in [2.75, 3.05) is 5.01 Å². The molecule has 1 unspecified atom stereocenters. The van der Waals surface area contributed by atoms with E-state index in [1.807, 2.05) is 26.0 Å². The van der Waals surface area contributed by atoms with Gasteiger partial charge in [-0.25, -0.2) is 14.8 Å². The monoisotopic (exact) mass is 219 g/mol. The van der Waals surface area contributed by atoms with Gasteiger partial charge in [-0.2, -0.15) is 5.10 Å². The Morgan fingerprint density at radius 1 is 1.56 bits per heavy atom. The first-order valence-electron chi connectivity index (χ1n) is 5.07. The number of aryl methyl sites for hydroxylation is 1. The number of carbonyl (C=O) groups is 1. The van der Waals surface area contributed by atoms with Crippen LogP contribution in [0.3, 0.4) is 0 Å². The summed E-state index contributed by atoms with van der Waals surface area (Å²) >= 11 is 0. The molecule has 1 aromatic heterocycles. The number of aliphatic carboxylic acids is 1. The Morgan fingerprint density at radius 2 is 2.31 bits per heavy atom. The second kappa shape index (κ2) is 3.92. The van der Waals surface area contributed by atoms with Gasteiger partial charge in [0.05, 0.1) is 0 Å². The Kier molecular flexibility index (Phi) is 2.60.